The predicted octanol–water partition coefficient (Wildman–Crippen LogP) is 2.67. The normalized spacial score (nSPS) is 14.6. The average Bonchev–Trinajstić information content (AvgIpc) is 3.47. The molecule has 2 N–H and O–H groups in total. The number of carbonyl (C=O) groups is 2. The van der Waals surface area contributed by atoms with E-state index in [4.69, 9.17) is 9.47 Å². The maximum absolute atomic E-state index is 12.6. The molecular formula is C24H22N4O4. The van der Waals surface area contributed by atoms with E-state index in [9.17, 15) is 9.59 Å². The minimum Gasteiger partial charge on any atom is -0.454 e. The van der Waals surface area contributed by atoms with Crippen LogP contribution in [0.1, 0.15) is 17.2 Å². The van der Waals surface area contributed by atoms with Gasteiger partial charge in [-0.15, -0.1) is 0 Å². The number of carbonyl (C=O) groups excluding carboxylic acids is 2. The van der Waals surface area contributed by atoms with Crippen molar-refractivity contribution in [2.75, 3.05) is 30.1 Å². The van der Waals surface area contributed by atoms with Crippen LogP contribution < -0.4 is 25.0 Å². The van der Waals surface area contributed by atoms with Crippen molar-refractivity contribution in [2.45, 2.75) is 12.5 Å². The zero-order valence-electron chi connectivity index (χ0n) is 17.3. The Morgan fingerprint density at radius 1 is 1.03 bits per heavy atom. The van der Waals surface area contributed by atoms with Gasteiger partial charge in [0.15, 0.2) is 11.5 Å². The van der Waals surface area contributed by atoms with Gasteiger partial charge in [-0.25, -0.2) is 0 Å². The van der Waals surface area contributed by atoms with E-state index < -0.39 is 11.8 Å². The number of hydrogen-bond donors (Lipinski definition) is 2. The largest absolute Gasteiger partial charge is 0.454 e. The van der Waals surface area contributed by atoms with Gasteiger partial charge in [0, 0.05) is 42.9 Å². The fourth-order valence-electron chi connectivity index (χ4n) is 4.10. The molecule has 1 atom stereocenters. The molecule has 2 amide bonds. The van der Waals surface area contributed by atoms with Gasteiger partial charge in [0.05, 0.1) is 6.04 Å². The number of rotatable bonds is 5. The molecule has 2 aliphatic rings. The minimum absolute atomic E-state index is 0.141. The van der Waals surface area contributed by atoms with Gasteiger partial charge in [0.1, 0.15) is 0 Å². The molecule has 32 heavy (non-hydrogen) atoms. The fraction of sp³-hybridized carbons (Fsp3) is 0.208. The third kappa shape index (κ3) is 3.94. The van der Waals surface area contributed by atoms with Crippen molar-refractivity contribution < 1.29 is 19.1 Å². The molecule has 0 saturated carbocycles. The standard InChI is InChI=1S/C24H22N4O4/c29-23(24(30)27-18-7-8-21-22(12-18)32-15-31-21)26-14-20(17-5-3-10-25-13-17)28-11-9-16-4-1-2-6-19(16)28/h1-8,10,12-13,20H,9,11,14-15H2,(H,26,29)(H,27,30). The summed E-state index contributed by atoms with van der Waals surface area (Å²) in [6.07, 6.45) is 4.45. The van der Waals surface area contributed by atoms with Gasteiger partial charge < -0.3 is 25.0 Å². The highest BCUT2D eigenvalue weighted by atomic mass is 16.7. The Kier molecular flexibility index (Phi) is 5.33. The summed E-state index contributed by atoms with van der Waals surface area (Å²) in [7, 11) is 0. The number of fused-ring (bicyclic) bond motifs is 2. The van der Waals surface area contributed by atoms with Crippen molar-refractivity contribution in [1.29, 1.82) is 0 Å². The number of nitrogens with zero attached hydrogens (tertiary/aromatic N) is 2. The lowest BCUT2D eigenvalue weighted by molar-refractivity contribution is -0.136. The first-order chi connectivity index (χ1) is 15.7. The summed E-state index contributed by atoms with van der Waals surface area (Å²) >= 11 is 0. The van der Waals surface area contributed by atoms with Crippen molar-refractivity contribution in [3.05, 3.63) is 78.1 Å². The summed E-state index contributed by atoms with van der Waals surface area (Å²) in [6, 6.07) is 16.9. The SMILES string of the molecule is O=C(NCC(c1cccnc1)N1CCc2ccccc21)C(=O)Nc1ccc2c(c1)OCO2. The molecule has 0 radical (unpaired) electrons. The molecule has 8 heteroatoms. The van der Waals surface area contributed by atoms with Crippen LogP contribution in [0.25, 0.3) is 0 Å². The zero-order valence-corrected chi connectivity index (χ0v) is 17.3. The van der Waals surface area contributed by atoms with E-state index in [1.165, 1.54) is 5.56 Å². The van der Waals surface area contributed by atoms with E-state index in [0.29, 0.717) is 17.2 Å². The Labute approximate surface area is 185 Å². The summed E-state index contributed by atoms with van der Waals surface area (Å²) < 4.78 is 10.6. The zero-order chi connectivity index (χ0) is 21.9. The Morgan fingerprint density at radius 3 is 2.78 bits per heavy atom. The smallest absolute Gasteiger partial charge is 0.313 e. The molecule has 0 saturated heterocycles. The van der Waals surface area contributed by atoms with Gasteiger partial charge in [-0.3, -0.25) is 14.6 Å². The van der Waals surface area contributed by atoms with Crippen LogP contribution in [0.3, 0.4) is 0 Å². The van der Waals surface area contributed by atoms with Crippen LogP contribution >= 0.6 is 0 Å². The second kappa shape index (κ2) is 8.58. The second-order valence-electron chi connectivity index (χ2n) is 7.61. The van der Waals surface area contributed by atoms with E-state index >= 15 is 0 Å². The van der Waals surface area contributed by atoms with Gasteiger partial charge in [-0.2, -0.15) is 0 Å². The molecule has 8 nitrogen and oxygen atoms in total. The van der Waals surface area contributed by atoms with Gasteiger partial charge in [0.25, 0.3) is 0 Å². The highest BCUT2D eigenvalue weighted by molar-refractivity contribution is 6.39. The Balaban J connectivity index is 1.28. The number of amides is 2. The molecule has 1 aromatic heterocycles. The number of nitrogens with one attached hydrogen (secondary N) is 2. The molecular weight excluding hydrogens is 408 g/mol. The van der Waals surface area contributed by atoms with Crippen LogP contribution in [-0.4, -0.2) is 36.7 Å². The van der Waals surface area contributed by atoms with E-state index in [1.54, 1.807) is 30.6 Å². The van der Waals surface area contributed by atoms with E-state index in [0.717, 1.165) is 24.2 Å². The highest BCUT2D eigenvalue weighted by Crippen LogP contribution is 2.35. The molecule has 3 aromatic rings. The van der Waals surface area contributed by atoms with Crippen LogP contribution in [0.2, 0.25) is 0 Å². The average molecular weight is 430 g/mol. The van der Waals surface area contributed by atoms with E-state index in [1.807, 2.05) is 24.3 Å². The van der Waals surface area contributed by atoms with Crippen LogP contribution in [0.15, 0.2) is 67.0 Å². The molecule has 5 rings (SSSR count). The monoisotopic (exact) mass is 430 g/mol. The lowest BCUT2D eigenvalue weighted by atomic mass is 10.1. The fourth-order valence-corrected chi connectivity index (χ4v) is 4.10. The molecule has 1 unspecified atom stereocenters. The quantitative estimate of drug-likeness (QED) is 0.605. The van der Waals surface area contributed by atoms with Crippen molar-refractivity contribution in [1.82, 2.24) is 10.3 Å². The lowest BCUT2D eigenvalue weighted by Crippen LogP contribution is -2.41. The number of ether oxygens (including phenoxy) is 2. The molecule has 2 aromatic carbocycles. The number of anilines is 2. The van der Waals surface area contributed by atoms with E-state index in [2.05, 4.69) is 32.7 Å². The summed E-state index contributed by atoms with van der Waals surface area (Å²) in [5, 5.41) is 5.39. The molecule has 2 aliphatic heterocycles. The van der Waals surface area contributed by atoms with Crippen LogP contribution in [0.4, 0.5) is 11.4 Å². The van der Waals surface area contributed by atoms with Crippen molar-refractivity contribution in [2.24, 2.45) is 0 Å². The molecule has 0 aliphatic carbocycles. The Bertz CT molecular complexity index is 1150. The molecule has 0 fully saturated rings. The number of aromatic nitrogens is 1. The van der Waals surface area contributed by atoms with Crippen molar-refractivity contribution in [3.63, 3.8) is 0 Å². The Morgan fingerprint density at radius 2 is 1.91 bits per heavy atom. The third-order valence-corrected chi connectivity index (χ3v) is 5.66. The van der Waals surface area contributed by atoms with Gasteiger partial charge in [-0.05, 0) is 41.8 Å². The minimum atomic E-state index is -0.740. The van der Waals surface area contributed by atoms with E-state index in [-0.39, 0.29) is 19.4 Å². The topological polar surface area (TPSA) is 92.8 Å². The van der Waals surface area contributed by atoms with Gasteiger partial charge >= 0.3 is 11.8 Å². The molecule has 0 spiro atoms. The second-order valence-corrected chi connectivity index (χ2v) is 7.61. The first kappa shape index (κ1) is 19.9. The summed E-state index contributed by atoms with van der Waals surface area (Å²) in [6.45, 7) is 1.24. The lowest BCUT2D eigenvalue weighted by Gasteiger charge is -2.30. The van der Waals surface area contributed by atoms with Crippen LogP contribution in [0, 0.1) is 0 Å². The summed E-state index contributed by atoms with van der Waals surface area (Å²) in [5.74, 6) is -0.301. The molecule has 0 bridgehead atoms. The van der Waals surface area contributed by atoms with Gasteiger partial charge in [0.2, 0.25) is 6.79 Å². The van der Waals surface area contributed by atoms with Crippen LogP contribution in [-0.2, 0) is 16.0 Å². The summed E-state index contributed by atoms with van der Waals surface area (Å²) in [4.78, 5) is 31.5. The predicted molar refractivity (Wildman–Crippen MR) is 119 cm³/mol. The number of hydrogen-bond acceptors (Lipinski definition) is 6. The summed E-state index contributed by atoms with van der Waals surface area (Å²) in [5.41, 5.74) is 3.85. The first-order valence-corrected chi connectivity index (χ1v) is 10.4. The number of pyridine rings is 1. The van der Waals surface area contributed by atoms with Gasteiger partial charge in [-0.1, -0.05) is 24.3 Å². The first-order valence-electron chi connectivity index (χ1n) is 10.4. The molecule has 162 valence electrons. The van der Waals surface area contributed by atoms with Crippen molar-refractivity contribution >= 4 is 23.2 Å². The third-order valence-electron chi connectivity index (χ3n) is 5.66. The van der Waals surface area contributed by atoms with Crippen molar-refractivity contribution in [3.8, 4) is 11.5 Å². The maximum Gasteiger partial charge on any atom is 0.313 e. The highest BCUT2D eigenvalue weighted by Gasteiger charge is 2.28. The Hall–Kier alpha value is -4.07. The number of para-hydroxylation sites is 1. The van der Waals surface area contributed by atoms with Crippen LogP contribution in [0.5, 0.6) is 11.5 Å². The molecule has 3 heterocycles. The maximum atomic E-state index is 12.6. The number of benzene rings is 2.